The lowest BCUT2D eigenvalue weighted by Gasteiger charge is -2.25. The van der Waals surface area contributed by atoms with Crippen molar-refractivity contribution < 1.29 is 14.0 Å². The van der Waals surface area contributed by atoms with Gasteiger partial charge in [-0.15, -0.1) is 11.3 Å². The summed E-state index contributed by atoms with van der Waals surface area (Å²) in [7, 11) is 0. The molecular weight excluding hydrogens is 355 g/mol. The normalized spacial score (nSPS) is 16.0. The number of carbonyl (C=O) groups excluding carboxylic acids is 2. The second-order valence-electron chi connectivity index (χ2n) is 5.94. The summed E-state index contributed by atoms with van der Waals surface area (Å²) in [5, 5.41) is 7.58. The van der Waals surface area contributed by atoms with Gasteiger partial charge in [-0.1, -0.05) is 18.2 Å². The number of carbonyl (C=O) groups is 2. The van der Waals surface area contributed by atoms with Gasteiger partial charge in [-0.05, 0) is 29.1 Å². The molecule has 1 unspecified atom stereocenters. The minimum atomic E-state index is -0.358. The predicted molar refractivity (Wildman–Crippen MR) is 94.3 cm³/mol. The number of amides is 2. The van der Waals surface area contributed by atoms with Gasteiger partial charge in [-0.25, -0.2) is 9.37 Å². The Morgan fingerprint density at radius 1 is 1.35 bits per heavy atom. The summed E-state index contributed by atoms with van der Waals surface area (Å²) < 4.78 is 14.7. The first-order chi connectivity index (χ1) is 12.6. The number of benzene rings is 1. The number of halogens is 1. The van der Waals surface area contributed by atoms with Crippen LogP contribution in [-0.2, 0) is 13.1 Å². The van der Waals surface area contributed by atoms with Gasteiger partial charge in [0.05, 0.1) is 12.6 Å². The molecule has 2 aromatic heterocycles. The van der Waals surface area contributed by atoms with Gasteiger partial charge in [0.1, 0.15) is 11.5 Å². The van der Waals surface area contributed by atoms with Crippen molar-refractivity contribution in [3.63, 3.8) is 0 Å². The smallest absolute Gasteiger partial charge is 0.287 e. The van der Waals surface area contributed by atoms with E-state index in [1.807, 2.05) is 17.5 Å². The van der Waals surface area contributed by atoms with E-state index in [1.54, 1.807) is 34.2 Å². The molecule has 0 radical (unpaired) electrons. The zero-order chi connectivity index (χ0) is 18.1. The van der Waals surface area contributed by atoms with Crippen LogP contribution in [0.3, 0.4) is 0 Å². The summed E-state index contributed by atoms with van der Waals surface area (Å²) in [4.78, 5) is 29.8. The van der Waals surface area contributed by atoms with Crippen molar-refractivity contribution in [2.24, 2.45) is 0 Å². The average Bonchev–Trinajstić information content (AvgIpc) is 3.30. The first kappa shape index (κ1) is 16.5. The van der Waals surface area contributed by atoms with Crippen molar-refractivity contribution >= 4 is 23.2 Å². The predicted octanol–water partition coefficient (Wildman–Crippen LogP) is 2.50. The van der Waals surface area contributed by atoms with Gasteiger partial charge >= 0.3 is 0 Å². The third-order valence-electron chi connectivity index (χ3n) is 4.17. The molecule has 1 aromatic carbocycles. The number of rotatable bonds is 4. The molecule has 3 aromatic rings. The zero-order valence-electron chi connectivity index (χ0n) is 13.6. The summed E-state index contributed by atoms with van der Waals surface area (Å²) in [6.45, 7) is 0.848. The van der Waals surface area contributed by atoms with Crippen LogP contribution in [0.4, 0.5) is 4.39 Å². The average molecular weight is 370 g/mol. The number of hydrogen-bond donors (Lipinski definition) is 2. The third-order valence-corrected chi connectivity index (χ3v) is 5.05. The topological polar surface area (TPSA) is 76.0 Å². The third kappa shape index (κ3) is 3.23. The van der Waals surface area contributed by atoms with Crippen LogP contribution in [0, 0.1) is 5.82 Å². The Hall–Kier alpha value is -3.00. The fourth-order valence-electron chi connectivity index (χ4n) is 2.87. The lowest BCUT2D eigenvalue weighted by atomic mass is 10.1. The molecule has 1 atom stereocenters. The molecule has 0 bridgehead atoms. The van der Waals surface area contributed by atoms with Gasteiger partial charge in [0.25, 0.3) is 11.8 Å². The van der Waals surface area contributed by atoms with Gasteiger partial charge in [0, 0.05) is 17.6 Å². The maximum absolute atomic E-state index is 13.1. The molecule has 0 saturated heterocycles. The molecule has 26 heavy (non-hydrogen) atoms. The largest absolute Gasteiger partial charge is 0.346 e. The Morgan fingerprint density at radius 3 is 2.88 bits per heavy atom. The van der Waals surface area contributed by atoms with Crippen LogP contribution in [0.15, 0.2) is 48.0 Å². The van der Waals surface area contributed by atoms with E-state index < -0.39 is 0 Å². The van der Waals surface area contributed by atoms with Crippen LogP contribution >= 0.6 is 11.3 Å². The van der Waals surface area contributed by atoms with Gasteiger partial charge in [0.15, 0.2) is 5.82 Å². The van der Waals surface area contributed by atoms with E-state index in [9.17, 15) is 14.0 Å². The summed E-state index contributed by atoms with van der Waals surface area (Å²) in [6, 6.07) is 9.54. The summed E-state index contributed by atoms with van der Waals surface area (Å²) in [5.74, 6) is -0.817. The van der Waals surface area contributed by atoms with Gasteiger partial charge in [-0.3, -0.25) is 9.59 Å². The van der Waals surface area contributed by atoms with Crippen LogP contribution in [0.25, 0.3) is 0 Å². The highest BCUT2D eigenvalue weighted by molar-refractivity contribution is 7.09. The molecule has 1 aliphatic rings. The van der Waals surface area contributed by atoms with E-state index in [1.165, 1.54) is 12.1 Å². The number of nitrogens with one attached hydrogen (secondary N) is 2. The Kier molecular flexibility index (Phi) is 4.26. The van der Waals surface area contributed by atoms with Crippen molar-refractivity contribution in [3.05, 3.63) is 75.8 Å². The van der Waals surface area contributed by atoms with Crippen molar-refractivity contribution in [2.75, 3.05) is 0 Å². The highest BCUT2D eigenvalue weighted by Crippen LogP contribution is 2.22. The molecule has 6 nitrogen and oxygen atoms in total. The molecule has 8 heteroatoms. The van der Waals surface area contributed by atoms with Crippen LogP contribution in [0.2, 0.25) is 0 Å². The Labute approximate surface area is 152 Å². The van der Waals surface area contributed by atoms with Crippen LogP contribution < -0.4 is 10.6 Å². The quantitative estimate of drug-likeness (QED) is 0.741. The molecule has 0 saturated carbocycles. The fraction of sp³-hybridized carbons (Fsp3) is 0.167. The highest BCUT2D eigenvalue weighted by Gasteiger charge is 2.28. The zero-order valence-corrected chi connectivity index (χ0v) is 14.4. The molecule has 1 aliphatic heterocycles. The van der Waals surface area contributed by atoms with Crippen molar-refractivity contribution in [3.8, 4) is 0 Å². The Morgan fingerprint density at radius 2 is 2.15 bits per heavy atom. The van der Waals surface area contributed by atoms with E-state index in [-0.39, 0.29) is 35.2 Å². The minimum absolute atomic E-state index is 0.199. The lowest BCUT2D eigenvalue weighted by molar-refractivity contribution is 0.0894. The van der Waals surface area contributed by atoms with Crippen LogP contribution in [0.1, 0.15) is 37.6 Å². The molecule has 132 valence electrons. The molecule has 4 rings (SSSR count). The van der Waals surface area contributed by atoms with Crippen molar-refractivity contribution in [1.29, 1.82) is 0 Å². The SMILES string of the molecule is O=C(NCc1cccs1)c1cn2c(n1)C(=O)NC(c1ccc(F)cc1)C2. The van der Waals surface area contributed by atoms with E-state index in [4.69, 9.17) is 0 Å². The van der Waals surface area contributed by atoms with Crippen molar-refractivity contribution in [1.82, 2.24) is 20.2 Å². The molecule has 0 aliphatic carbocycles. The van der Waals surface area contributed by atoms with Gasteiger partial charge in [0.2, 0.25) is 0 Å². The van der Waals surface area contributed by atoms with E-state index in [0.717, 1.165) is 10.4 Å². The Balaban J connectivity index is 1.50. The summed E-state index contributed by atoms with van der Waals surface area (Å²) in [6.07, 6.45) is 1.58. The molecule has 2 amide bonds. The molecule has 2 N–H and O–H groups in total. The summed E-state index contributed by atoms with van der Waals surface area (Å²) >= 11 is 1.56. The van der Waals surface area contributed by atoms with Crippen LogP contribution in [0.5, 0.6) is 0 Å². The minimum Gasteiger partial charge on any atom is -0.346 e. The number of fused-ring (bicyclic) bond motifs is 1. The van der Waals surface area contributed by atoms with Gasteiger partial charge in [-0.2, -0.15) is 0 Å². The molecular formula is C18H15FN4O2S. The number of aromatic nitrogens is 2. The Bertz CT molecular complexity index is 950. The molecule has 0 fully saturated rings. The number of thiophene rings is 1. The first-order valence-corrected chi connectivity index (χ1v) is 8.92. The maximum atomic E-state index is 13.1. The van der Waals surface area contributed by atoms with Gasteiger partial charge < -0.3 is 15.2 Å². The number of hydrogen-bond acceptors (Lipinski definition) is 4. The molecule has 0 spiro atoms. The standard InChI is InChI=1S/C18H15FN4O2S/c19-12-5-3-11(4-6-12)14-9-23-10-15(21-16(23)18(25)22-14)17(24)20-8-13-2-1-7-26-13/h1-7,10,14H,8-9H2,(H,20,24)(H,22,25). The van der Waals surface area contributed by atoms with E-state index in [2.05, 4.69) is 15.6 Å². The number of imidazole rings is 1. The highest BCUT2D eigenvalue weighted by atomic mass is 32.1. The van der Waals surface area contributed by atoms with Crippen molar-refractivity contribution in [2.45, 2.75) is 19.1 Å². The number of nitrogens with zero attached hydrogens (tertiary/aromatic N) is 2. The molecule has 3 heterocycles. The first-order valence-electron chi connectivity index (χ1n) is 8.04. The monoisotopic (exact) mass is 370 g/mol. The van der Waals surface area contributed by atoms with Crippen LogP contribution in [-0.4, -0.2) is 21.4 Å². The van der Waals surface area contributed by atoms with E-state index >= 15 is 0 Å². The maximum Gasteiger partial charge on any atom is 0.287 e. The van der Waals surface area contributed by atoms with E-state index in [0.29, 0.717) is 13.1 Å². The lowest BCUT2D eigenvalue weighted by Crippen LogP contribution is -2.38. The second kappa shape index (κ2) is 6.72. The second-order valence-corrected chi connectivity index (χ2v) is 6.97. The fourth-order valence-corrected chi connectivity index (χ4v) is 3.51. The summed E-state index contributed by atoms with van der Waals surface area (Å²) in [5.41, 5.74) is 0.995.